The van der Waals surface area contributed by atoms with E-state index in [1.807, 2.05) is 42.5 Å². The van der Waals surface area contributed by atoms with E-state index in [1.165, 1.54) is 11.3 Å². The van der Waals surface area contributed by atoms with Gasteiger partial charge in [0.05, 0.1) is 43.7 Å². The molecule has 3 aromatic carbocycles. The van der Waals surface area contributed by atoms with Crippen molar-refractivity contribution >= 4 is 34.2 Å². The number of benzene rings is 3. The molecule has 9 heteroatoms. The smallest absolute Gasteiger partial charge is 0.338 e. The number of thiazole rings is 1. The number of nitrogens with zero attached hydrogens (tertiary/aromatic N) is 2. The van der Waals surface area contributed by atoms with E-state index in [0.717, 1.165) is 10.8 Å². The molecule has 1 aliphatic heterocycles. The van der Waals surface area contributed by atoms with Gasteiger partial charge in [0, 0.05) is 17.2 Å². The maximum absolute atomic E-state index is 14.1. The normalized spacial score (nSPS) is 15.1. The van der Waals surface area contributed by atoms with Gasteiger partial charge in [0.25, 0.3) is 5.56 Å². The van der Waals surface area contributed by atoms with Crippen molar-refractivity contribution in [1.29, 1.82) is 0 Å². The van der Waals surface area contributed by atoms with Crippen LogP contribution in [-0.4, -0.2) is 38.5 Å². The molecule has 4 aromatic rings. The quantitative estimate of drug-likeness (QED) is 0.327. The van der Waals surface area contributed by atoms with E-state index in [2.05, 4.69) is 4.99 Å². The number of aromatic nitrogens is 1. The summed E-state index contributed by atoms with van der Waals surface area (Å²) in [5, 5.41) is 1.82. The number of ether oxygens (including phenoxy) is 4. The molecule has 2 heterocycles. The highest BCUT2D eigenvalue weighted by atomic mass is 32.1. The SMILES string of the molecule is CCOC(=O)C1=C(C)N=c2s/c(=C\c3ccc(OC)cc3OC)c(=O)n2[C@@H]1c1c(OC)ccc2ccccc12. The molecule has 0 spiro atoms. The summed E-state index contributed by atoms with van der Waals surface area (Å²) in [6.07, 6.45) is 1.77. The zero-order chi connectivity index (χ0) is 27.7. The Morgan fingerprint density at radius 3 is 2.51 bits per heavy atom. The molecule has 0 radical (unpaired) electrons. The lowest BCUT2D eigenvalue weighted by Crippen LogP contribution is -2.40. The Bertz CT molecular complexity index is 1800. The van der Waals surface area contributed by atoms with E-state index in [0.29, 0.717) is 49.0 Å². The van der Waals surface area contributed by atoms with Crippen molar-refractivity contribution in [2.45, 2.75) is 19.9 Å². The summed E-state index contributed by atoms with van der Waals surface area (Å²) >= 11 is 1.25. The summed E-state index contributed by atoms with van der Waals surface area (Å²) < 4.78 is 24.1. The van der Waals surface area contributed by atoms with Crippen LogP contribution < -0.4 is 29.1 Å². The Morgan fingerprint density at radius 2 is 1.79 bits per heavy atom. The Labute approximate surface area is 229 Å². The van der Waals surface area contributed by atoms with E-state index in [9.17, 15) is 9.59 Å². The molecule has 1 atom stereocenters. The Kier molecular flexibility index (Phi) is 7.26. The van der Waals surface area contributed by atoms with Crippen LogP contribution in [0.1, 0.15) is 31.0 Å². The third-order valence-corrected chi connectivity index (χ3v) is 7.65. The first-order valence-corrected chi connectivity index (χ1v) is 13.2. The fourth-order valence-corrected chi connectivity index (χ4v) is 5.92. The predicted molar refractivity (Wildman–Crippen MR) is 150 cm³/mol. The van der Waals surface area contributed by atoms with E-state index < -0.39 is 12.0 Å². The summed E-state index contributed by atoms with van der Waals surface area (Å²) in [6.45, 7) is 3.70. The number of carbonyl (C=O) groups excluding carboxylic acids is 1. The van der Waals surface area contributed by atoms with Crippen molar-refractivity contribution in [2.24, 2.45) is 4.99 Å². The zero-order valence-corrected chi connectivity index (χ0v) is 23.1. The number of esters is 1. The topological polar surface area (TPSA) is 88.4 Å². The molecule has 0 unspecified atom stereocenters. The molecule has 0 N–H and O–H groups in total. The molecule has 0 bridgehead atoms. The summed E-state index contributed by atoms with van der Waals surface area (Å²) in [5.74, 6) is 1.24. The second kappa shape index (κ2) is 10.8. The van der Waals surface area contributed by atoms with Gasteiger partial charge in [0.15, 0.2) is 4.80 Å². The molecule has 1 aromatic heterocycles. The lowest BCUT2D eigenvalue weighted by molar-refractivity contribution is -0.139. The maximum Gasteiger partial charge on any atom is 0.338 e. The van der Waals surface area contributed by atoms with Gasteiger partial charge in [-0.3, -0.25) is 9.36 Å². The van der Waals surface area contributed by atoms with Gasteiger partial charge in [0.1, 0.15) is 23.3 Å². The average Bonchev–Trinajstić information content (AvgIpc) is 3.25. The van der Waals surface area contributed by atoms with E-state index in [4.69, 9.17) is 18.9 Å². The van der Waals surface area contributed by atoms with Crippen molar-refractivity contribution in [3.05, 3.63) is 96.7 Å². The molecule has 1 aliphatic rings. The average molecular weight is 545 g/mol. The van der Waals surface area contributed by atoms with Crippen LogP contribution in [-0.2, 0) is 9.53 Å². The van der Waals surface area contributed by atoms with Gasteiger partial charge in [-0.05, 0) is 48.9 Å². The second-order valence-corrected chi connectivity index (χ2v) is 9.82. The molecule has 200 valence electrons. The summed E-state index contributed by atoms with van der Waals surface area (Å²) in [5.41, 5.74) is 1.91. The van der Waals surface area contributed by atoms with E-state index >= 15 is 0 Å². The highest BCUT2D eigenvalue weighted by Crippen LogP contribution is 2.40. The lowest BCUT2D eigenvalue weighted by Gasteiger charge is -2.27. The van der Waals surface area contributed by atoms with Gasteiger partial charge in [-0.2, -0.15) is 0 Å². The van der Waals surface area contributed by atoms with Crippen molar-refractivity contribution in [3.63, 3.8) is 0 Å². The first-order chi connectivity index (χ1) is 18.9. The molecule has 8 nitrogen and oxygen atoms in total. The molecule has 0 amide bonds. The standard InChI is InChI=1S/C30H28N2O6S/c1-6-38-29(34)25-17(2)31-30-32(27(25)26-21-10-8-7-9-18(21)12-14-22(26)36-4)28(33)24(39-30)15-19-11-13-20(35-3)16-23(19)37-5/h7-16,27H,6H2,1-5H3/b24-15-/t27-/m0/s1. The molecular formula is C30H28N2O6S. The van der Waals surface area contributed by atoms with Crippen molar-refractivity contribution < 1.29 is 23.7 Å². The third-order valence-electron chi connectivity index (χ3n) is 6.67. The second-order valence-electron chi connectivity index (χ2n) is 8.81. The molecule has 5 rings (SSSR count). The highest BCUT2D eigenvalue weighted by molar-refractivity contribution is 7.07. The summed E-state index contributed by atoms with van der Waals surface area (Å²) in [6, 6.07) is 16.2. The first kappa shape index (κ1) is 26.2. The third kappa shape index (κ3) is 4.59. The fourth-order valence-electron chi connectivity index (χ4n) is 4.88. The number of allylic oxidation sites excluding steroid dienone is 1. The van der Waals surface area contributed by atoms with Gasteiger partial charge in [0.2, 0.25) is 0 Å². The molecule has 0 saturated heterocycles. The molecule has 0 fully saturated rings. The van der Waals surface area contributed by atoms with Crippen molar-refractivity contribution in [1.82, 2.24) is 4.57 Å². The maximum atomic E-state index is 14.1. The fraction of sp³-hybridized carbons (Fsp3) is 0.233. The van der Waals surface area contributed by atoms with Gasteiger partial charge >= 0.3 is 5.97 Å². The Hall–Kier alpha value is -4.37. The van der Waals surface area contributed by atoms with Crippen LogP contribution in [0.2, 0.25) is 0 Å². The van der Waals surface area contributed by atoms with Gasteiger partial charge in [-0.15, -0.1) is 0 Å². The predicted octanol–water partition coefficient (Wildman–Crippen LogP) is 3.98. The molecule has 0 aliphatic carbocycles. The van der Waals surface area contributed by atoms with Crippen LogP contribution in [0.4, 0.5) is 0 Å². The van der Waals surface area contributed by atoms with Crippen LogP contribution in [0, 0.1) is 0 Å². The molecule has 39 heavy (non-hydrogen) atoms. The monoisotopic (exact) mass is 544 g/mol. The zero-order valence-electron chi connectivity index (χ0n) is 22.3. The first-order valence-electron chi connectivity index (χ1n) is 12.4. The number of methoxy groups -OCH3 is 3. The minimum Gasteiger partial charge on any atom is -0.497 e. The highest BCUT2D eigenvalue weighted by Gasteiger charge is 2.36. The van der Waals surface area contributed by atoms with Crippen LogP contribution in [0.25, 0.3) is 16.8 Å². The van der Waals surface area contributed by atoms with Gasteiger partial charge < -0.3 is 18.9 Å². The summed E-state index contributed by atoms with van der Waals surface area (Å²) in [7, 11) is 4.72. The van der Waals surface area contributed by atoms with Crippen molar-refractivity contribution in [2.75, 3.05) is 27.9 Å². The van der Waals surface area contributed by atoms with Gasteiger partial charge in [-0.1, -0.05) is 41.7 Å². The van der Waals surface area contributed by atoms with Gasteiger partial charge in [-0.25, -0.2) is 9.79 Å². The van der Waals surface area contributed by atoms with E-state index in [1.54, 1.807) is 58.0 Å². The molecule has 0 saturated carbocycles. The van der Waals surface area contributed by atoms with E-state index in [-0.39, 0.29) is 12.2 Å². The number of hydrogen-bond acceptors (Lipinski definition) is 8. The minimum absolute atomic E-state index is 0.191. The largest absolute Gasteiger partial charge is 0.497 e. The van der Waals surface area contributed by atoms with Crippen LogP contribution >= 0.6 is 11.3 Å². The van der Waals surface area contributed by atoms with Crippen molar-refractivity contribution in [3.8, 4) is 17.2 Å². The number of rotatable bonds is 7. The number of hydrogen-bond donors (Lipinski definition) is 0. The van der Waals surface area contributed by atoms with Crippen LogP contribution in [0.5, 0.6) is 17.2 Å². The number of carbonyl (C=O) groups is 1. The Balaban J connectivity index is 1.83. The van der Waals surface area contributed by atoms with Crippen LogP contribution in [0.3, 0.4) is 0 Å². The summed E-state index contributed by atoms with van der Waals surface area (Å²) in [4.78, 5) is 32.6. The minimum atomic E-state index is -0.804. The Morgan fingerprint density at radius 1 is 1.03 bits per heavy atom. The lowest BCUT2D eigenvalue weighted by atomic mass is 9.90. The molecular weight excluding hydrogens is 516 g/mol. The number of fused-ring (bicyclic) bond motifs is 2. The van der Waals surface area contributed by atoms with Crippen LogP contribution in [0.15, 0.2) is 75.7 Å².